The van der Waals surface area contributed by atoms with E-state index in [1.807, 2.05) is 116 Å². The van der Waals surface area contributed by atoms with Crippen LogP contribution in [0.5, 0.6) is 28.7 Å². The maximum atomic E-state index is 14.1. The molecule has 131 heavy (non-hydrogen) atoms. The van der Waals surface area contributed by atoms with Crippen LogP contribution in [-0.4, -0.2) is 174 Å². The van der Waals surface area contributed by atoms with Crippen LogP contribution < -0.4 is 54.1 Å². The Kier molecular flexibility index (Phi) is 33.8. The summed E-state index contributed by atoms with van der Waals surface area (Å²) in [5.74, 6) is -1.81. The molecule has 3 atom stereocenters. The first kappa shape index (κ1) is 96.7. The molecule has 0 saturated carbocycles. The fraction of sp³-hybridized carbons (Fsp3) is 0.354. The van der Waals surface area contributed by atoms with Crippen LogP contribution in [0.1, 0.15) is 178 Å². The van der Waals surface area contributed by atoms with Crippen molar-refractivity contribution in [1.29, 1.82) is 0 Å². The van der Waals surface area contributed by atoms with Crippen molar-refractivity contribution in [2.24, 2.45) is 15.0 Å². The van der Waals surface area contributed by atoms with Crippen LogP contribution in [0.15, 0.2) is 161 Å². The number of aromatic hydroxyl groups is 1. The number of alkyl halides is 2. The zero-order valence-electron chi connectivity index (χ0n) is 74.0. The molecule has 3 N–H and O–H groups in total. The average molecular weight is 1910 g/mol. The van der Waals surface area contributed by atoms with Crippen LogP contribution >= 0.6 is 31.9 Å². The number of esters is 2. The molecule has 7 amide bonds. The van der Waals surface area contributed by atoms with E-state index in [-0.39, 0.29) is 197 Å². The van der Waals surface area contributed by atoms with Gasteiger partial charge in [-0.15, -0.1) is 0 Å². The van der Waals surface area contributed by atoms with Crippen molar-refractivity contribution in [2.45, 2.75) is 171 Å². The number of methoxy groups -OCH3 is 4. The van der Waals surface area contributed by atoms with Gasteiger partial charge < -0.3 is 54.0 Å². The zero-order chi connectivity index (χ0) is 93.5. The van der Waals surface area contributed by atoms with Gasteiger partial charge in [-0.3, -0.25) is 92.0 Å². The molecule has 8 aromatic carbocycles. The number of aliphatic imine (C=N–C) groups is 3. The molecule has 0 saturated heterocycles. The first-order chi connectivity index (χ1) is 63.2. The molecule has 684 valence electrons. The van der Waals surface area contributed by atoms with E-state index in [4.69, 9.17) is 28.9 Å². The Morgan fingerprint density at radius 1 is 0.412 bits per heavy atom. The number of hydrogen-bond acceptors (Lipinski definition) is 23. The summed E-state index contributed by atoms with van der Waals surface area (Å²) >= 11 is 6.86. The fourth-order valence-corrected chi connectivity index (χ4v) is 16.6. The van der Waals surface area contributed by atoms with Crippen LogP contribution in [0.25, 0.3) is 0 Å². The predicted molar refractivity (Wildman–Crippen MR) is 503 cm³/mol. The summed E-state index contributed by atoms with van der Waals surface area (Å²) in [6, 6.07) is 44.3. The molecule has 0 unspecified atom stereocenters. The number of Topliss-reactive ketones (excluding diaryl/α,β-unsaturated/α-hetero) is 4. The molecule has 0 spiro atoms. The molecule has 14 rings (SSSR count). The number of nitrogens with zero attached hydrogens (tertiary/aromatic N) is 8. The highest BCUT2D eigenvalue weighted by Gasteiger charge is 2.40. The topological polar surface area (TPSA) is 375 Å². The summed E-state index contributed by atoms with van der Waals surface area (Å²) < 4.78 is 32.9. The molecular formula is C99H104Br2N10O20. The highest BCUT2D eigenvalue weighted by atomic mass is 79.9. The monoisotopic (exact) mass is 1910 g/mol. The summed E-state index contributed by atoms with van der Waals surface area (Å²) in [4.78, 5) is 185. The smallest absolute Gasteiger partial charge is 0.305 e. The van der Waals surface area contributed by atoms with E-state index in [0.29, 0.717) is 123 Å². The lowest BCUT2D eigenvalue weighted by atomic mass is 10.1. The van der Waals surface area contributed by atoms with Crippen molar-refractivity contribution in [3.05, 3.63) is 207 Å². The number of aryl methyl sites for hydroxylation is 1. The summed E-state index contributed by atoms with van der Waals surface area (Å²) in [6.07, 6.45) is 10.4. The van der Waals surface area contributed by atoms with Gasteiger partial charge in [0.15, 0.2) is 34.6 Å². The van der Waals surface area contributed by atoms with Gasteiger partial charge in [-0.05, 0) is 144 Å². The van der Waals surface area contributed by atoms with Gasteiger partial charge in [0.25, 0.3) is 17.7 Å². The Morgan fingerprint density at radius 2 is 0.771 bits per heavy atom. The number of ether oxygens (including phenoxy) is 6. The molecule has 32 heteroatoms. The number of hydrogen-bond donors (Lipinski definition) is 3. The number of amides is 7. The maximum absolute atomic E-state index is 14.1. The minimum absolute atomic E-state index is 0.00456. The van der Waals surface area contributed by atoms with E-state index in [9.17, 15) is 67.4 Å². The number of benzene rings is 8. The third kappa shape index (κ3) is 24.8. The summed E-state index contributed by atoms with van der Waals surface area (Å²) in [5, 5.41) is 16.3. The van der Waals surface area contributed by atoms with Gasteiger partial charge in [0, 0.05) is 186 Å². The second kappa shape index (κ2) is 45.8. The summed E-state index contributed by atoms with van der Waals surface area (Å²) in [5.41, 5.74) is 14.1. The number of carbonyl (C=O) groups is 13. The van der Waals surface area contributed by atoms with E-state index in [2.05, 4.69) is 57.0 Å². The highest BCUT2D eigenvalue weighted by molar-refractivity contribution is 9.08. The van der Waals surface area contributed by atoms with Crippen LogP contribution in [0.4, 0.5) is 45.5 Å². The van der Waals surface area contributed by atoms with Crippen molar-refractivity contribution in [2.75, 3.05) is 80.1 Å². The van der Waals surface area contributed by atoms with Crippen LogP contribution in [0.2, 0.25) is 0 Å². The lowest BCUT2D eigenvalue weighted by Gasteiger charge is -2.22. The fourth-order valence-electron chi connectivity index (χ4n) is 16.0. The number of phenols is 1. The number of anilines is 5. The van der Waals surface area contributed by atoms with Crippen molar-refractivity contribution in [3.63, 3.8) is 0 Å². The number of unbranched alkanes of at least 4 members (excludes halogenated alkanes) is 2. The van der Waals surface area contributed by atoms with Gasteiger partial charge in [-0.2, -0.15) is 0 Å². The lowest BCUT2D eigenvalue weighted by molar-refractivity contribution is -0.141. The standard InChI is InChI=1S/C58H58N6O11.C24H32Br2N2O6.C17H14N2O3/c1-35-21-45-47(59-30-41-25-38-11-5-8-14-49(38)63(41)57(45)70)28-51(35)74-33-36-22-37(34-75-53-29-48-46(27-52(53)72-3)58(71)64-42(31-60-48)26-39-12-6-9-15-50(39)64)24-40(23-36)62(2)55(68)20-18-44(66)32-61-54(67)19-17-43(65)13-7-10-16-56(69)73-4;1-28(19-12-17(14-25)11-18(13-19)15-26)23(32)10-8-21(30)16-27-22(31)9-7-20(29)5-3-4-6-24(33)34-2;1-22-16-7-12-13(8-15(16)20)18-9-11-6-10-4-2-3-5-14(10)19(11)17(12)21/h5-6,8-9,11-12,14-15,21-24,27-31,41-42H,7,10,13,16-20,25-26,32-34H2,1-4H3,(H,61,67);11-13H,3-10,14-16H2,1-2H3,(H,27,31);2-5,7-9,11,20H,6H2,1H3/t41-,42-;;11-/m0.0/s1. The molecule has 0 aromatic heterocycles. The maximum Gasteiger partial charge on any atom is 0.305 e. The summed E-state index contributed by atoms with van der Waals surface area (Å²) in [7, 11) is 8.86. The van der Waals surface area contributed by atoms with Crippen LogP contribution in [0.3, 0.4) is 0 Å². The quantitative estimate of drug-likeness (QED) is 0.0184. The highest BCUT2D eigenvalue weighted by Crippen LogP contribution is 2.45. The number of halogens is 2. The van der Waals surface area contributed by atoms with E-state index >= 15 is 0 Å². The van der Waals surface area contributed by atoms with Crippen molar-refractivity contribution >= 4 is 172 Å². The average Bonchev–Trinajstić information content (AvgIpc) is 1.62. The van der Waals surface area contributed by atoms with Crippen molar-refractivity contribution in [1.82, 2.24) is 10.6 Å². The molecule has 8 aromatic rings. The molecule has 6 heterocycles. The normalized spacial score (nSPS) is 14.7. The molecule has 0 radical (unpaired) electrons. The molecule has 0 bridgehead atoms. The molecule has 0 fully saturated rings. The van der Waals surface area contributed by atoms with E-state index in [1.165, 1.54) is 44.3 Å². The van der Waals surface area contributed by atoms with Gasteiger partial charge in [0.05, 0.1) is 93.4 Å². The largest absolute Gasteiger partial charge is 0.504 e. The van der Waals surface area contributed by atoms with Gasteiger partial charge in [0.2, 0.25) is 23.6 Å². The Morgan fingerprint density at radius 3 is 1.18 bits per heavy atom. The summed E-state index contributed by atoms with van der Waals surface area (Å²) in [6.45, 7) is 1.48. The SMILES string of the molecule is COC(=O)CCCCC(=O)CCC(=O)NCC(=O)CCC(=O)N(C)c1cc(CBr)cc(CBr)c1.COC(=O)CCCCC(=O)CCC(=O)NCC(=O)CCC(=O)N(C)c1cc(COc2cc3c(cc2C)C(=O)N2c4ccccc4C[C@H]2C=N3)cc(COc2cc3c(cc2OC)C(=O)N2c4ccccc4C[C@H]2C=N3)c1.COc1cc2c(cc1O)N=C[C@@H]1Cc3ccccc3N1C2=O. The Labute approximate surface area is 775 Å². The molecular weight excluding hydrogens is 1810 g/mol. The number of para-hydroxylation sites is 3. The predicted octanol–water partition coefficient (Wildman–Crippen LogP) is 14.9. The van der Waals surface area contributed by atoms with Gasteiger partial charge in [-0.25, -0.2) is 0 Å². The Bertz CT molecular complexity index is 5790. The number of fused-ring (bicyclic) bond motifs is 12. The van der Waals surface area contributed by atoms with E-state index < -0.39 is 5.91 Å². The van der Waals surface area contributed by atoms with Gasteiger partial charge in [0.1, 0.15) is 30.5 Å². The minimum Gasteiger partial charge on any atom is -0.504 e. The van der Waals surface area contributed by atoms with Crippen molar-refractivity contribution < 1.29 is 95.9 Å². The number of ketones is 4. The molecule has 6 aliphatic heterocycles. The van der Waals surface area contributed by atoms with Crippen LogP contribution in [0, 0.1) is 6.92 Å². The third-order valence-corrected chi connectivity index (χ3v) is 24.5. The van der Waals surface area contributed by atoms with E-state index in [0.717, 1.165) is 62.6 Å². The Hall–Kier alpha value is -13.4. The van der Waals surface area contributed by atoms with Gasteiger partial charge in [-0.1, -0.05) is 92.5 Å². The second-order valence-electron chi connectivity index (χ2n) is 32.3. The minimum atomic E-state index is -0.451. The first-order valence-electron chi connectivity index (χ1n) is 43.2. The number of nitrogens with one attached hydrogen (secondary N) is 2. The molecule has 30 nitrogen and oxygen atoms in total. The van der Waals surface area contributed by atoms with Crippen LogP contribution in [-0.2, 0) is 101 Å². The number of phenolic OH excluding ortho intramolecular Hbond substituents is 1. The Balaban J connectivity index is 0.000000225. The third-order valence-electron chi connectivity index (χ3n) is 23.2. The molecule has 0 aliphatic carbocycles. The number of rotatable bonds is 38. The number of carbonyl (C=O) groups excluding carboxylic acids is 13. The lowest BCUT2D eigenvalue weighted by Crippen LogP contribution is -2.37. The molecule has 6 aliphatic rings. The second-order valence-corrected chi connectivity index (χ2v) is 33.4. The first-order valence-corrected chi connectivity index (χ1v) is 45.5. The van der Waals surface area contributed by atoms with Gasteiger partial charge >= 0.3 is 11.9 Å². The zero-order valence-corrected chi connectivity index (χ0v) is 77.2. The van der Waals surface area contributed by atoms with E-state index in [1.54, 1.807) is 77.6 Å². The van der Waals surface area contributed by atoms with Crippen molar-refractivity contribution in [3.8, 4) is 28.7 Å².